The number of thioether (sulfide) groups is 1. The molecule has 1 heterocycles. The zero-order chi connectivity index (χ0) is 18.5. The van der Waals surface area contributed by atoms with Crippen molar-refractivity contribution in [3.63, 3.8) is 0 Å². The number of fused-ring (bicyclic) bond motifs is 1. The Labute approximate surface area is 163 Å². The molecule has 3 rings (SSSR count). The monoisotopic (exact) mass is 390 g/mol. The molecule has 0 bridgehead atoms. The summed E-state index contributed by atoms with van der Waals surface area (Å²) in [6, 6.07) is 6.98. The van der Waals surface area contributed by atoms with Gasteiger partial charge in [-0.25, -0.2) is 0 Å². The first-order valence-corrected chi connectivity index (χ1v) is 11.0. The van der Waals surface area contributed by atoms with Gasteiger partial charge in [0.25, 0.3) is 0 Å². The molecule has 5 nitrogen and oxygen atoms in total. The highest BCUT2D eigenvalue weighted by Crippen LogP contribution is 2.27. The van der Waals surface area contributed by atoms with Gasteiger partial charge in [-0.15, -0.1) is 10.2 Å². The highest BCUT2D eigenvalue weighted by molar-refractivity contribution is 8.01. The van der Waals surface area contributed by atoms with Gasteiger partial charge in [-0.05, 0) is 63.1 Å². The van der Waals surface area contributed by atoms with Crippen molar-refractivity contribution in [1.82, 2.24) is 15.5 Å². The van der Waals surface area contributed by atoms with Crippen LogP contribution in [0.1, 0.15) is 56.3 Å². The van der Waals surface area contributed by atoms with Crippen LogP contribution in [0.3, 0.4) is 0 Å². The molecule has 0 spiro atoms. The summed E-state index contributed by atoms with van der Waals surface area (Å²) in [6.07, 6.45) is 4.89. The largest absolute Gasteiger partial charge is 0.358 e. The third-order valence-electron chi connectivity index (χ3n) is 4.40. The van der Waals surface area contributed by atoms with Gasteiger partial charge >= 0.3 is 0 Å². The molecule has 1 amide bonds. The SMILES string of the molecule is CC(C)Nc1nnc(SCC(=O)N[C@@H](C)c2ccc3c(c2)CCCC3)s1. The minimum absolute atomic E-state index is 0.0166. The fourth-order valence-corrected chi connectivity index (χ4v) is 4.80. The van der Waals surface area contributed by atoms with E-state index in [0.29, 0.717) is 11.8 Å². The van der Waals surface area contributed by atoms with E-state index in [1.807, 2.05) is 6.92 Å². The molecule has 0 fully saturated rings. The number of aryl methyl sites for hydroxylation is 2. The van der Waals surface area contributed by atoms with Crippen molar-refractivity contribution < 1.29 is 4.79 Å². The van der Waals surface area contributed by atoms with Crippen LogP contribution in [0.5, 0.6) is 0 Å². The first kappa shape index (κ1) is 19.2. The van der Waals surface area contributed by atoms with Gasteiger partial charge in [0.15, 0.2) is 4.34 Å². The highest BCUT2D eigenvalue weighted by atomic mass is 32.2. The Morgan fingerprint density at radius 3 is 2.73 bits per heavy atom. The molecule has 1 aliphatic rings. The number of carbonyl (C=O) groups excluding carboxylic acids is 1. The summed E-state index contributed by atoms with van der Waals surface area (Å²) in [6.45, 7) is 6.16. The van der Waals surface area contributed by atoms with Gasteiger partial charge in [-0.1, -0.05) is 41.3 Å². The molecule has 1 atom stereocenters. The van der Waals surface area contributed by atoms with Gasteiger partial charge in [0.1, 0.15) is 0 Å². The number of carbonyl (C=O) groups is 1. The maximum atomic E-state index is 12.3. The first-order chi connectivity index (χ1) is 12.5. The van der Waals surface area contributed by atoms with E-state index in [4.69, 9.17) is 0 Å². The third-order valence-corrected chi connectivity index (χ3v) is 6.38. The summed E-state index contributed by atoms with van der Waals surface area (Å²) in [5.41, 5.74) is 4.10. The quantitative estimate of drug-likeness (QED) is 0.693. The van der Waals surface area contributed by atoms with Crippen molar-refractivity contribution in [2.75, 3.05) is 11.1 Å². The topological polar surface area (TPSA) is 66.9 Å². The Kier molecular flexibility index (Phi) is 6.53. The minimum atomic E-state index is 0.0166. The van der Waals surface area contributed by atoms with Crippen LogP contribution in [-0.4, -0.2) is 27.9 Å². The summed E-state index contributed by atoms with van der Waals surface area (Å²) in [7, 11) is 0. The van der Waals surface area contributed by atoms with Crippen LogP contribution in [0.4, 0.5) is 5.13 Å². The second kappa shape index (κ2) is 8.86. The van der Waals surface area contributed by atoms with Crippen LogP contribution in [0.15, 0.2) is 22.5 Å². The summed E-state index contributed by atoms with van der Waals surface area (Å²) >= 11 is 2.91. The average molecular weight is 391 g/mol. The van der Waals surface area contributed by atoms with Crippen molar-refractivity contribution in [3.8, 4) is 0 Å². The van der Waals surface area contributed by atoms with E-state index < -0.39 is 0 Å². The minimum Gasteiger partial charge on any atom is -0.358 e. The number of rotatable bonds is 7. The number of hydrogen-bond acceptors (Lipinski definition) is 6. The van der Waals surface area contributed by atoms with Crippen LogP contribution in [-0.2, 0) is 17.6 Å². The number of aromatic nitrogens is 2. The van der Waals surface area contributed by atoms with Crippen LogP contribution in [0.2, 0.25) is 0 Å². The van der Waals surface area contributed by atoms with Gasteiger partial charge in [0.05, 0.1) is 11.8 Å². The fourth-order valence-electron chi connectivity index (χ4n) is 3.09. The normalized spacial score (nSPS) is 14.8. The Morgan fingerprint density at radius 1 is 1.19 bits per heavy atom. The van der Waals surface area contributed by atoms with Gasteiger partial charge in [-0.2, -0.15) is 0 Å². The van der Waals surface area contributed by atoms with Gasteiger partial charge in [0.2, 0.25) is 11.0 Å². The van der Waals surface area contributed by atoms with Crippen LogP contribution in [0, 0.1) is 0 Å². The molecule has 0 unspecified atom stereocenters. The second-order valence-corrected chi connectivity index (χ2v) is 9.19. The van der Waals surface area contributed by atoms with E-state index >= 15 is 0 Å². The maximum absolute atomic E-state index is 12.3. The third kappa shape index (κ3) is 5.20. The van der Waals surface area contributed by atoms with E-state index in [2.05, 4.69) is 52.9 Å². The van der Waals surface area contributed by atoms with E-state index in [0.717, 1.165) is 15.9 Å². The predicted octanol–water partition coefficient (Wildman–Crippen LogP) is 4.21. The number of hydrogen-bond donors (Lipinski definition) is 2. The van der Waals surface area contributed by atoms with Crippen molar-refractivity contribution in [1.29, 1.82) is 0 Å². The van der Waals surface area contributed by atoms with Crippen molar-refractivity contribution >= 4 is 34.1 Å². The lowest BCUT2D eigenvalue weighted by Crippen LogP contribution is -2.28. The van der Waals surface area contributed by atoms with E-state index in [1.165, 1.54) is 59.1 Å². The summed E-state index contributed by atoms with van der Waals surface area (Å²) in [5.74, 6) is 0.375. The molecule has 2 N–H and O–H groups in total. The Morgan fingerprint density at radius 2 is 1.96 bits per heavy atom. The smallest absolute Gasteiger partial charge is 0.230 e. The van der Waals surface area contributed by atoms with E-state index in [-0.39, 0.29) is 11.9 Å². The molecule has 0 saturated carbocycles. The predicted molar refractivity (Wildman–Crippen MR) is 109 cm³/mol. The van der Waals surface area contributed by atoms with Gasteiger partial charge < -0.3 is 10.6 Å². The molecule has 7 heteroatoms. The number of nitrogens with zero attached hydrogens (tertiary/aromatic N) is 2. The molecule has 2 aromatic rings. The van der Waals surface area contributed by atoms with Crippen LogP contribution < -0.4 is 10.6 Å². The van der Waals surface area contributed by atoms with Crippen LogP contribution >= 0.6 is 23.1 Å². The zero-order valence-electron chi connectivity index (χ0n) is 15.5. The summed E-state index contributed by atoms with van der Waals surface area (Å²) in [4.78, 5) is 12.3. The first-order valence-electron chi connectivity index (χ1n) is 9.15. The maximum Gasteiger partial charge on any atom is 0.230 e. The van der Waals surface area contributed by atoms with Crippen molar-refractivity contribution in [2.45, 2.75) is 62.9 Å². The highest BCUT2D eigenvalue weighted by Gasteiger charge is 2.15. The molecule has 1 aromatic heterocycles. The molecule has 1 aliphatic carbocycles. The Bertz CT molecular complexity index is 760. The second-order valence-electron chi connectivity index (χ2n) is 6.99. The molecule has 1 aromatic carbocycles. The molecule has 26 heavy (non-hydrogen) atoms. The van der Waals surface area contributed by atoms with E-state index in [1.54, 1.807) is 0 Å². The lowest BCUT2D eigenvalue weighted by atomic mass is 9.89. The van der Waals surface area contributed by atoms with Gasteiger partial charge in [-0.3, -0.25) is 4.79 Å². The number of benzene rings is 1. The number of nitrogens with one attached hydrogen (secondary N) is 2. The summed E-state index contributed by atoms with van der Waals surface area (Å²) in [5, 5.41) is 15.3. The van der Waals surface area contributed by atoms with Crippen molar-refractivity contribution in [2.24, 2.45) is 0 Å². The lowest BCUT2D eigenvalue weighted by molar-refractivity contribution is -0.119. The average Bonchev–Trinajstić information content (AvgIpc) is 3.06. The lowest BCUT2D eigenvalue weighted by Gasteiger charge is -2.20. The zero-order valence-corrected chi connectivity index (χ0v) is 17.2. The molecule has 0 saturated heterocycles. The fraction of sp³-hybridized carbons (Fsp3) is 0.526. The molecular weight excluding hydrogens is 364 g/mol. The number of anilines is 1. The molecule has 0 radical (unpaired) electrons. The standard InChI is InChI=1S/C19H26N4OS2/c1-12(2)20-18-22-23-19(26-18)25-11-17(24)21-13(3)15-9-8-14-6-4-5-7-16(14)10-15/h8-10,12-13H,4-7,11H2,1-3H3,(H,20,22)(H,21,24)/t13-/m0/s1. The van der Waals surface area contributed by atoms with Crippen molar-refractivity contribution in [3.05, 3.63) is 34.9 Å². The molecule has 140 valence electrons. The summed E-state index contributed by atoms with van der Waals surface area (Å²) < 4.78 is 0.810. The molecule has 0 aliphatic heterocycles. The molecular formula is C19H26N4OS2. The Balaban J connectivity index is 1.50. The Hall–Kier alpha value is -1.60. The van der Waals surface area contributed by atoms with Gasteiger partial charge in [0, 0.05) is 6.04 Å². The number of amides is 1. The van der Waals surface area contributed by atoms with Crippen LogP contribution in [0.25, 0.3) is 0 Å². The van der Waals surface area contributed by atoms with E-state index in [9.17, 15) is 4.79 Å².